The summed E-state index contributed by atoms with van der Waals surface area (Å²) in [6.07, 6.45) is 6.30. The van der Waals surface area contributed by atoms with Crippen molar-refractivity contribution in [3.8, 4) is 11.1 Å². The molecular weight excluding hydrogens is 434 g/mol. The molecule has 9 heteroatoms. The number of aliphatic hydroxyl groups excluding tert-OH is 1. The maximum atomic E-state index is 13.6. The van der Waals surface area contributed by atoms with Gasteiger partial charge in [-0.25, -0.2) is 0 Å². The first-order valence-electron chi connectivity index (χ1n) is 11.9. The summed E-state index contributed by atoms with van der Waals surface area (Å²) < 4.78 is 1.69. The van der Waals surface area contributed by atoms with Gasteiger partial charge in [-0.1, -0.05) is 6.07 Å². The summed E-state index contributed by atoms with van der Waals surface area (Å²) in [6.45, 7) is 0.213. The largest absolute Gasteiger partial charge is 0.396 e. The van der Waals surface area contributed by atoms with E-state index in [9.17, 15) is 19.5 Å². The van der Waals surface area contributed by atoms with Crippen molar-refractivity contribution in [3.63, 3.8) is 0 Å². The van der Waals surface area contributed by atoms with E-state index in [0.29, 0.717) is 11.3 Å². The Labute approximate surface area is 198 Å². The van der Waals surface area contributed by atoms with Gasteiger partial charge in [0.05, 0.1) is 24.5 Å². The number of hydrogen-bond donors (Lipinski definition) is 2. The van der Waals surface area contributed by atoms with E-state index in [4.69, 9.17) is 0 Å². The van der Waals surface area contributed by atoms with E-state index in [-0.39, 0.29) is 43.1 Å². The predicted octanol–water partition coefficient (Wildman–Crippen LogP) is 0.631. The highest BCUT2D eigenvalue weighted by Crippen LogP contribution is 2.48. The van der Waals surface area contributed by atoms with Crippen LogP contribution in [0.1, 0.15) is 31.0 Å². The molecule has 0 unspecified atom stereocenters. The second-order valence-corrected chi connectivity index (χ2v) is 9.89. The van der Waals surface area contributed by atoms with Crippen molar-refractivity contribution in [3.05, 3.63) is 52.7 Å². The number of aliphatic hydroxyl groups is 1. The number of nitrogens with one attached hydrogen (secondary N) is 1. The van der Waals surface area contributed by atoms with Gasteiger partial charge in [0.1, 0.15) is 0 Å². The maximum absolute atomic E-state index is 13.6. The number of rotatable bonds is 6. The highest BCUT2D eigenvalue weighted by Gasteiger charge is 2.57. The SMILES string of the molecule is CN(C)CC(=O)N1[C@@H]2Cn3c(ccc(-c4cccnc4)c3=O)[C@H]1[C@@H](C(=O)NC1CCC1)[C@@H]2CO. The van der Waals surface area contributed by atoms with Gasteiger partial charge in [-0.15, -0.1) is 0 Å². The summed E-state index contributed by atoms with van der Waals surface area (Å²) in [4.78, 5) is 48.0. The summed E-state index contributed by atoms with van der Waals surface area (Å²) in [5.74, 6) is -1.31. The highest BCUT2D eigenvalue weighted by atomic mass is 16.3. The summed E-state index contributed by atoms with van der Waals surface area (Å²) >= 11 is 0. The number of pyridine rings is 2. The predicted molar refractivity (Wildman–Crippen MR) is 126 cm³/mol. The van der Waals surface area contributed by atoms with E-state index in [1.807, 2.05) is 26.2 Å². The third kappa shape index (κ3) is 3.73. The number of likely N-dealkylation sites (N-methyl/N-ethyl adjacent to an activating group) is 1. The Bertz CT molecular complexity index is 1140. The lowest BCUT2D eigenvalue weighted by Gasteiger charge is -2.39. The number of aromatic nitrogens is 2. The molecule has 4 heterocycles. The average Bonchev–Trinajstić information content (AvgIpc) is 3.04. The van der Waals surface area contributed by atoms with Gasteiger partial charge in [0.25, 0.3) is 5.56 Å². The Morgan fingerprint density at radius 1 is 1.24 bits per heavy atom. The van der Waals surface area contributed by atoms with Crippen LogP contribution < -0.4 is 10.9 Å². The monoisotopic (exact) mass is 465 g/mol. The van der Waals surface area contributed by atoms with Crippen LogP contribution in [0.15, 0.2) is 41.5 Å². The number of carbonyl (C=O) groups excluding carboxylic acids is 2. The van der Waals surface area contributed by atoms with Crippen molar-refractivity contribution in [1.82, 2.24) is 24.7 Å². The van der Waals surface area contributed by atoms with Gasteiger partial charge in [0.15, 0.2) is 0 Å². The Morgan fingerprint density at radius 2 is 2.03 bits per heavy atom. The van der Waals surface area contributed by atoms with Crippen LogP contribution in [0.3, 0.4) is 0 Å². The van der Waals surface area contributed by atoms with Crippen molar-refractivity contribution in [1.29, 1.82) is 0 Å². The van der Waals surface area contributed by atoms with Gasteiger partial charge in [-0.05, 0) is 51.6 Å². The van der Waals surface area contributed by atoms with E-state index < -0.39 is 23.9 Å². The summed E-state index contributed by atoms with van der Waals surface area (Å²) in [7, 11) is 3.65. The van der Waals surface area contributed by atoms with E-state index in [1.54, 1.807) is 38.9 Å². The van der Waals surface area contributed by atoms with E-state index in [2.05, 4.69) is 10.3 Å². The zero-order valence-corrected chi connectivity index (χ0v) is 19.6. The van der Waals surface area contributed by atoms with Gasteiger partial charge in [0, 0.05) is 54.3 Å². The molecule has 34 heavy (non-hydrogen) atoms. The Balaban J connectivity index is 1.60. The highest BCUT2D eigenvalue weighted by molar-refractivity contribution is 5.85. The quantitative estimate of drug-likeness (QED) is 0.648. The number of fused-ring (bicyclic) bond motifs is 4. The minimum Gasteiger partial charge on any atom is -0.396 e. The van der Waals surface area contributed by atoms with Crippen LogP contribution in [-0.4, -0.2) is 75.6 Å². The molecule has 2 N–H and O–H groups in total. The number of nitrogens with zero attached hydrogens (tertiary/aromatic N) is 4. The molecule has 4 atom stereocenters. The molecular formula is C25H31N5O4. The van der Waals surface area contributed by atoms with Crippen LogP contribution in [-0.2, 0) is 16.1 Å². The van der Waals surface area contributed by atoms with Crippen molar-refractivity contribution in [2.24, 2.45) is 11.8 Å². The van der Waals surface area contributed by atoms with E-state index >= 15 is 0 Å². The molecule has 180 valence electrons. The fourth-order valence-electron chi connectivity index (χ4n) is 5.69. The molecule has 9 nitrogen and oxygen atoms in total. The minimum atomic E-state index is -0.612. The van der Waals surface area contributed by atoms with E-state index in [0.717, 1.165) is 24.8 Å². The van der Waals surface area contributed by atoms with Gasteiger partial charge in [-0.3, -0.25) is 19.4 Å². The molecule has 5 rings (SSSR count). The van der Waals surface area contributed by atoms with Crippen molar-refractivity contribution in [2.45, 2.75) is 43.9 Å². The van der Waals surface area contributed by atoms with Gasteiger partial charge >= 0.3 is 0 Å². The molecule has 2 fully saturated rings. The molecule has 2 aromatic rings. The maximum Gasteiger partial charge on any atom is 0.258 e. The van der Waals surface area contributed by atoms with Crippen LogP contribution in [0.2, 0.25) is 0 Å². The fraction of sp³-hybridized carbons (Fsp3) is 0.520. The van der Waals surface area contributed by atoms with Gasteiger partial charge in [-0.2, -0.15) is 0 Å². The Morgan fingerprint density at radius 3 is 2.65 bits per heavy atom. The number of hydrogen-bond acceptors (Lipinski definition) is 6. The standard InChI is InChI=1S/C25H31N5O4/c1-28(2)13-21(32)30-20-12-29-19(9-8-17(25(29)34)15-5-4-10-26-11-15)23(30)22(18(20)14-31)24(33)27-16-6-3-7-16/h4-5,8-11,16,18,20,22-23,31H,3,6-7,12-14H2,1-2H3,(H,27,33)/t18-,20-,22+,23+/m1/s1. The van der Waals surface area contributed by atoms with Crippen LogP contribution >= 0.6 is 0 Å². The zero-order valence-electron chi connectivity index (χ0n) is 19.6. The van der Waals surface area contributed by atoms with Crippen LogP contribution in [0.5, 0.6) is 0 Å². The molecule has 1 aliphatic carbocycles. The topological polar surface area (TPSA) is 108 Å². The average molecular weight is 466 g/mol. The minimum absolute atomic E-state index is 0.104. The zero-order chi connectivity index (χ0) is 24.0. The fourth-order valence-corrected chi connectivity index (χ4v) is 5.69. The first-order chi connectivity index (χ1) is 16.4. The number of amides is 2. The second kappa shape index (κ2) is 8.96. The lowest BCUT2D eigenvalue weighted by Crippen LogP contribution is -2.51. The second-order valence-electron chi connectivity index (χ2n) is 9.89. The van der Waals surface area contributed by atoms with E-state index in [1.165, 1.54) is 0 Å². The first-order valence-corrected chi connectivity index (χ1v) is 11.9. The number of carbonyl (C=O) groups is 2. The lowest BCUT2D eigenvalue weighted by atomic mass is 9.85. The molecule has 2 bridgehead atoms. The van der Waals surface area contributed by atoms with Gasteiger partial charge in [0.2, 0.25) is 11.8 Å². The normalized spacial score (nSPS) is 25.7. The third-order valence-electron chi connectivity index (χ3n) is 7.51. The molecule has 3 aliphatic rings. The summed E-state index contributed by atoms with van der Waals surface area (Å²) in [6, 6.07) is 6.35. The molecule has 0 radical (unpaired) electrons. The third-order valence-corrected chi connectivity index (χ3v) is 7.51. The molecule has 0 spiro atoms. The summed E-state index contributed by atoms with van der Waals surface area (Å²) in [5.41, 5.74) is 1.72. The molecule has 1 saturated carbocycles. The molecule has 2 aliphatic heterocycles. The first kappa shape index (κ1) is 22.7. The van der Waals surface area contributed by atoms with Crippen molar-refractivity contribution >= 4 is 11.8 Å². The molecule has 2 aromatic heterocycles. The molecule has 0 aromatic carbocycles. The smallest absolute Gasteiger partial charge is 0.258 e. The molecule has 2 amide bonds. The van der Waals surface area contributed by atoms with Crippen LogP contribution in [0.25, 0.3) is 11.1 Å². The lowest BCUT2D eigenvalue weighted by molar-refractivity contribution is -0.137. The summed E-state index contributed by atoms with van der Waals surface area (Å²) in [5, 5.41) is 13.5. The molecule has 1 saturated heterocycles. The van der Waals surface area contributed by atoms with Crippen molar-refractivity contribution in [2.75, 3.05) is 27.2 Å². The Hall–Kier alpha value is -3.04. The van der Waals surface area contributed by atoms with Crippen LogP contribution in [0, 0.1) is 11.8 Å². The van der Waals surface area contributed by atoms with Gasteiger partial charge < -0.3 is 24.8 Å². The van der Waals surface area contributed by atoms with Crippen LogP contribution in [0.4, 0.5) is 0 Å². The Kier molecular flexibility index (Phi) is 5.99. The van der Waals surface area contributed by atoms with Crippen molar-refractivity contribution < 1.29 is 14.7 Å².